The molecule has 0 aliphatic carbocycles. The average Bonchev–Trinajstić information content (AvgIpc) is 2.65. The third-order valence-corrected chi connectivity index (χ3v) is 3.78. The zero-order chi connectivity index (χ0) is 17.6. The van der Waals surface area contributed by atoms with Crippen molar-refractivity contribution in [2.75, 3.05) is 6.61 Å². The Morgan fingerprint density at radius 2 is 1.64 bits per heavy atom. The zero-order valence-corrected chi connectivity index (χ0v) is 13.4. The van der Waals surface area contributed by atoms with Gasteiger partial charge in [-0.15, -0.1) is 0 Å². The van der Waals surface area contributed by atoms with Gasteiger partial charge in [0.1, 0.15) is 5.82 Å². The quantitative estimate of drug-likeness (QED) is 0.726. The van der Waals surface area contributed by atoms with E-state index in [1.807, 2.05) is 30.3 Å². The Bertz CT molecular complexity index is 918. The maximum Gasteiger partial charge on any atom is 0.339 e. The van der Waals surface area contributed by atoms with Crippen molar-refractivity contribution in [3.63, 3.8) is 0 Å². The number of halogens is 1. The van der Waals surface area contributed by atoms with Crippen LogP contribution in [0.5, 0.6) is 0 Å². The molecule has 3 aromatic rings. The molecule has 126 valence electrons. The number of benzene rings is 3. The molecule has 0 saturated carbocycles. The summed E-state index contributed by atoms with van der Waals surface area (Å²) in [5, 5.41) is 4.21. The first kappa shape index (κ1) is 16.6. The number of carbonyl (C=O) groups is 2. The molecule has 1 N–H and O–H groups in total. The molecule has 4 nitrogen and oxygen atoms in total. The van der Waals surface area contributed by atoms with Gasteiger partial charge in [0, 0.05) is 12.1 Å². The predicted octanol–water partition coefficient (Wildman–Crippen LogP) is 3.45. The molecule has 3 rings (SSSR count). The molecule has 0 heterocycles. The van der Waals surface area contributed by atoms with Gasteiger partial charge >= 0.3 is 5.97 Å². The number of nitrogens with one attached hydrogen (secondary N) is 1. The van der Waals surface area contributed by atoms with E-state index in [0.717, 1.165) is 10.8 Å². The summed E-state index contributed by atoms with van der Waals surface area (Å²) in [5.41, 5.74) is 0.774. The van der Waals surface area contributed by atoms with Crippen molar-refractivity contribution in [2.24, 2.45) is 0 Å². The lowest BCUT2D eigenvalue weighted by atomic mass is 10.1. The lowest BCUT2D eigenvalue weighted by Gasteiger charge is -2.09. The highest BCUT2D eigenvalue weighted by molar-refractivity contribution is 6.04. The number of hydrogen-bond acceptors (Lipinski definition) is 3. The Morgan fingerprint density at radius 1 is 0.920 bits per heavy atom. The van der Waals surface area contributed by atoms with E-state index in [2.05, 4.69) is 5.32 Å². The first-order valence-corrected chi connectivity index (χ1v) is 7.80. The fourth-order valence-corrected chi connectivity index (χ4v) is 2.50. The van der Waals surface area contributed by atoms with Gasteiger partial charge < -0.3 is 10.1 Å². The summed E-state index contributed by atoms with van der Waals surface area (Å²) < 4.78 is 18.6. The lowest BCUT2D eigenvalue weighted by molar-refractivity contribution is -0.124. The second-order valence-electron chi connectivity index (χ2n) is 5.47. The molecule has 0 radical (unpaired) electrons. The van der Waals surface area contributed by atoms with Crippen LogP contribution < -0.4 is 5.32 Å². The number of hydrogen-bond donors (Lipinski definition) is 1. The number of fused-ring (bicyclic) bond motifs is 1. The van der Waals surface area contributed by atoms with Gasteiger partial charge in [0.15, 0.2) is 6.61 Å². The smallest absolute Gasteiger partial charge is 0.339 e. The summed E-state index contributed by atoms with van der Waals surface area (Å²) in [6.07, 6.45) is 0. The van der Waals surface area contributed by atoms with E-state index in [0.29, 0.717) is 11.1 Å². The second-order valence-corrected chi connectivity index (χ2v) is 5.47. The highest BCUT2D eigenvalue weighted by Crippen LogP contribution is 2.19. The number of ether oxygens (including phenoxy) is 1. The minimum atomic E-state index is -0.571. The van der Waals surface area contributed by atoms with Crippen LogP contribution in [-0.2, 0) is 16.1 Å². The fraction of sp³-hybridized carbons (Fsp3) is 0.100. The van der Waals surface area contributed by atoms with Crippen LogP contribution in [-0.4, -0.2) is 18.5 Å². The molecule has 0 atom stereocenters. The topological polar surface area (TPSA) is 55.4 Å². The average molecular weight is 337 g/mol. The van der Waals surface area contributed by atoms with Crippen LogP contribution in [0.15, 0.2) is 66.7 Å². The van der Waals surface area contributed by atoms with E-state index in [-0.39, 0.29) is 6.54 Å². The van der Waals surface area contributed by atoms with E-state index >= 15 is 0 Å². The Labute approximate surface area is 144 Å². The molecule has 0 spiro atoms. The SMILES string of the molecule is O=C(COC(=O)c1cccc2ccccc12)NCc1ccccc1F. The van der Waals surface area contributed by atoms with Gasteiger partial charge in [-0.05, 0) is 22.9 Å². The van der Waals surface area contributed by atoms with Crippen molar-refractivity contribution >= 4 is 22.6 Å². The first-order chi connectivity index (χ1) is 12.1. The van der Waals surface area contributed by atoms with Gasteiger partial charge in [-0.25, -0.2) is 9.18 Å². The van der Waals surface area contributed by atoms with Gasteiger partial charge in [-0.2, -0.15) is 0 Å². The Balaban J connectivity index is 1.58. The molecule has 0 aliphatic rings. The van der Waals surface area contributed by atoms with Crippen molar-refractivity contribution < 1.29 is 18.7 Å². The van der Waals surface area contributed by atoms with Gasteiger partial charge in [0.2, 0.25) is 0 Å². The third kappa shape index (κ3) is 4.01. The van der Waals surface area contributed by atoms with Crippen LogP contribution in [0.2, 0.25) is 0 Å². The Kier molecular flexibility index (Phi) is 5.04. The van der Waals surface area contributed by atoms with Crippen molar-refractivity contribution in [1.29, 1.82) is 0 Å². The van der Waals surface area contributed by atoms with Crippen LogP contribution in [0.4, 0.5) is 4.39 Å². The summed E-state index contributed by atoms with van der Waals surface area (Å²) in [4.78, 5) is 24.0. The molecule has 5 heteroatoms. The predicted molar refractivity (Wildman–Crippen MR) is 92.5 cm³/mol. The zero-order valence-electron chi connectivity index (χ0n) is 13.4. The Hall–Kier alpha value is -3.21. The number of esters is 1. The largest absolute Gasteiger partial charge is 0.452 e. The summed E-state index contributed by atoms with van der Waals surface area (Å²) in [5.74, 6) is -1.45. The van der Waals surface area contributed by atoms with Gasteiger partial charge in [0.05, 0.1) is 5.56 Å². The van der Waals surface area contributed by atoms with Crippen LogP contribution in [0.25, 0.3) is 10.8 Å². The molecule has 0 fully saturated rings. The number of rotatable bonds is 5. The summed E-state index contributed by atoms with van der Waals surface area (Å²) in [7, 11) is 0. The van der Waals surface area contributed by atoms with E-state index < -0.39 is 24.3 Å². The molecular weight excluding hydrogens is 321 g/mol. The summed E-state index contributed by atoms with van der Waals surface area (Å²) >= 11 is 0. The van der Waals surface area contributed by atoms with Gasteiger partial charge in [-0.3, -0.25) is 4.79 Å². The van der Waals surface area contributed by atoms with Crippen molar-refractivity contribution in [1.82, 2.24) is 5.32 Å². The standard InChI is InChI=1S/C20H16FNO3/c21-18-11-4-2-7-15(18)12-22-19(23)13-25-20(24)17-10-5-8-14-6-1-3-9-16(14)17/h1-11H,12-13H2,(H,22,23). The molecule has 0 bridgehead atoms. The highest BCUT2D eigenvalue weighted by atomic mass is 19.1. The monoisotopic (exact) mass is 337 g/mol. The molecule has 3 aromatic carbocycles. The van der Waals surface area contributed by atoms with Crippen LogP contribution in [0.3, 0.4) is 0 Å². The van der Waals surface area contributed by atoms with Crippen LogP contribution >= 0.6 is 0 Å². The van der Waals surface area contributed by atoms with Crippen LogP contribution in [0.1, 0.15) is 15.9 Å². The molecule has 0 saturated heterocycles. The highest BCUT2D eigenvalue weighted by Gasteiger charge is 2.13. The molecule has 0 aliphatic heterocycles. The molecular formula is C20H16FNO3. The Morgan fingerprint density at radius 3 is 2.48 bits per heavy atom. The minimum absolute atomic E-state index is 0.0390. The normalized spacial score (nSPS) is 10.4. The van der Waals surface area contributed by atoms with Gasteiger partial charge in [-0.1, -0.05) is 54.6 Å². The molecule has 0 unspecified atom stereocenters. The fourth-order valence-electron chi connectivity index (χ4n) is 2.50. The van der Waals surface area contributed by atoms with E-state index in [1.165, 1.54) is 6.07 Å². The molecule has 1 amide bonds. The number of carbonyl (C=O) groups excluding carboxylic acids is 2. The van der Waals surface area contributed by atoms with Crippen LogP contribution in [0, 0.1) is 5.82 Å². The van der Waals surface area contributed by atoms with Crippen molar-refractivity contribution in [3.8, 4) is 0 Å². The molecule has 25 heavy (non-hydrogen) atoms. The summed E-state index contributed by atoms with van der Waals surface area (Å²) in [6.45, 7) is -0.381. The van der Waals surface area contributed by atoms with E-state index in [4.69, 9.17) is 4.74 Å². The van der Waals surface area contributed by atoms with Crippen molar-refractivity contribution in [2.45, 2.75) is 6.54 Å². The maximum atomic E-state index is 13.5. The first-order valence-electron chi connectivity index (χ1n) is 7.80. The van der Waals surface area contributed by atoms with Gasteiger partial charge in [0.25, 0.3) is 5.91 Å². The van der Waals surface area contributed by atoms with E-state index in [9.17, 15) is 14.0 Å². The number of amides is 1. The van der Waals surface area contributed by atoms with Crippen molar-refractivity contribution in [3.05, 3.63) is 83.7 Å². The maximum absolute atomic E-state index is 13.5. The van der Waals surface area contributed by atoms with E-state index in [1.54, 1.807) is 30.3 Å². The minimum Gasteiger partial charge on any atom is -0.452 e. The third-order valence-electron chi connectivity index (χ3n) is 3.78. The summed E-state index contributed by atoms with van der Waals surface area (Å²) in [6, 6.07) is 18.9. The lowest BCUT2D eigenvalue weighted by Crippen LogP contribution is -2.28. The molecule has 0 aromatic heterocycles. The second kappa shape index (κ2) is 7.57.